The second kappa shape index (κ2) is 5.66. The van der Waals surface area contributed by atoms with E-state index >= 15 is 0 Å². The molecule has 0 saturated heterocycles. The number of halogens is 1. The van der Waals surface area contributed by atoms with Gasteiger partial charge in [-0.05, 0) is 23.3 Å². The van der Waals surface area contributed by atoms with Crippen LogP contribution in [0.5, 0.6) is 0 Å². The van der Waals surface area contributed by atoms with E-state index in [0.717, 1.165) is 15.6 Å². The van der Waals surface area contributed by atoms with Gasteiger partial charge in [-0.3, -0.25) is 0 Å². The van der Waals surface area contributed by atoms with Crippen molar-refractivity contribution in [2.24, 2.45) is 0 Å². The average molecular weight is 340 g/mol. The van der Waals surface area contributed by atoms with E-state index in [2.05, 4.69) is 27.8 Å². The van der Waals surface area contributed by atoms with Crippen LogP contribution in [0.4, 0.5) is 4.79 Å². The van der Waals surface area contributed by atoms with E-state index < -0.39 is 17.6 Å². The molecule has 1 unspecified atom stereocenters. The molecule has 0 bridgehead atoms. The minimum atomic E-state index is -1.35. The first-order chi connectivity index (χ1) is 9.47. The normalized spacial score (nSPS) is 20.1. The highest BCUT2D eigenvalue weighted by molar-refractivity contribution is 9.10. The van der Waals surface area contributed by atoms with Gasteiger partial charge in [0, 0.05) is 17.3 Å². The molecule has 0 fully saturated rings. The van der Waals surface area contributed by atoms with E-state index in [4.69, 9.17) is 4.74 Å². The first-order valence-electron chi connectivity index (χ1n) is 6.03. The fourth-order valence-electron chi connectivity index (χ4n) is 2.30. The number of hydrogen-bond acceptors (Lipinski definition) is 3. The molecule has 0 heterocycles. The molecular formula is C14H14BrNO4. The summed E-state index contributed by atoms with van der Waals surface area (Å²) < 4.78 is 5.69. The molecule has 2 rings (SSSR count). The maximum atomic E-state index is 11.6. The molecule has 1 aromatic carbocycles. The SMILES string of the molecule is C=CCOC(=O)NC1(C(=O)O)Cc2ccc(Br)cc2C1. The van der Waals surface area contributed by atoms with Crippen molar-refractivity contribution in [2.75, 3.05) is 6.61 Å². The summed E-state index contributed by atoms with van der Waals surface area (Å²) in [5, 5.41) is 11.9. The molecule has 20 heavy (non-hydrogen) atoms. The standard InChI is InChI=1S/C14H14BrNO4/c1-2-5-20-13(19)16-14(12(17)18)7-9-3-4-11(15)6-10(9)8-14/h2-4,6H,1,5,7-8H2,(H,16,19)(H,17,18). The van der Waals surface area contributed by atoms with E-state index in [-0.39, 0.29) is 19.4 Å². The van der Waals surface area contributed by atoms with Crippen LogP contribution in [0.25, 0.3) is 0 Å². The van der Waals surface area contributed by atoms with E-state index in [1.807, 2.05) is 18.2 Å². The molecule has 2 N–H and O–H groups in total. The smallest absolute Gasteiger partial charge is 0.408 e. The summed E-state index contributed by atoms with van der Waals surface area (Å²) in [5.41, 5.74) is 0.479. The molecule has 0 spiro atoms. The molecule has 0 radical (unpaired) electrons. The van der Waals surface area contributed by atoms with Gasteiger partial charge in [-0.2, -0.15) is 0 Å². The third kappa shape index (κ3) is 2.85. The van der Waals surface area contributed by atoms with Gasteiger partial charge < -0.3 is 15.2 Å². The van der Waals surface area contributed by atoms with Crippen LogP contribution in [0.1, 0.15) is 11.1 Å². The van der Waals surface area contributed by atoms with E-state index in [9.17, 15) is 14.7 Å². The molecule has 1 aromatic rings. The van der Waals surface area contributed by atoms with Crippen molar-refractivity contribution >= 4 is 28.0 Å². The van der Waals surface area contributed by atoms with Gasteiger partial charge in [-0.25, -0.2) is 9.59 Å². The van der Waals surface area contributed by atoms with Crippen molar-refractivity contribution in [3.05, 3.63) is 46.5 Å². The summed E-state index contributed by atoms with van der Waals surface area (Å²) in [6.07, 6.45) is 1.15. The minimum absolute atomic E-state index is 0.0417. The highest BCUT2D eigenvalue weighted by atomic mass is 79.9. The van der Waals surface area contributed by atoms with Crippen LogP contribution in [0, 0.1) is 0 Å². The van der Waals surface area contributed by atoms with Gasteiger partial charge in [-0.1, -0.05) is 34.7 Å². The van der Waals surface area contributed by atoms with Crippen LogP contribution in [0.15, 0.2) is 35.3 Å². The lowest BCUT2D eigenvalue weighted by Crippen LogP contribution is -2.55. The molecule has 5 nitrogen and oxygen atoms in total. The second-order valence-corrected chi connectivity index (χ2v) is 5.58. The number of rotatable bonds is 4. The molecule has 1 amide bonds. The quantitative estimate of drug-likeness (QED) is 0.825. The fraction of sp³-hybridized carbons (Fsp3) is 0.286. The number of benzene rings is 1. The summed E-state index contributed by atoms with van der Waals surface area (Å²) in [6.45, 7) is 3.47. The second-order valence-electron chi connectivity index (χ2n) is 4.67. The van der Waals surface area contributed by atoms with E-state index in [1.54, 1.807) is 0 Å². The Bertz CT molecular complexity index is 572. The lowest BCUT2D eigenvalue weighted by atomic mass is 9.96. The third-order valence-electron chi connectivity index (χ3n) is 3.24. The predicted octanol–water partition coefficient (Wildman–Crippen LogP) is 2.28. The lowest BCUT2D eigenvalue weighted by molar-refractivity contribution is -0.144. The number of carboxylic acids is 1. The molecule has 1 aliphatic carbocycles. The van der Waals surface area contributed by atoms with E-state index in [1.165, 1.54) is 6.08 Å². The number of ether oxygens (including phenoxy) is 1. The van der Waals surface area contributed by atoms with Crippen molar-refractivity contribution in [1.82, 2.24) is 5.32 Å². The Kier molecular flexibility index (Phi) is 4.13. The predicted molar refractivity (Wildman–Crippen MR) is 76.6 cm³/mol. The maximum absolute atomic E-state index is 11.6. The number of nitrogens with one attached hydrogen (secondary N) is 1. The summed E-state index contributed by atoms with van der Waals surface area (Å²) in [5.74, 6) is -1.07. The van der Waals surface area contributed by atoms with Crippen LogP contribution in [-0.2, 0) is 22.4 Å². The Balaban J connectivity index is 2.20. The molecule has 6 heteroatoms. The van der Waals surface area contributed by atoms with Gasteiger partial charge in [0.25, 0.3) is 0 Å². The molecule has 1 aliphatic rings. The van der Waals surface area contributed by atoms with Gasteiger partial charge in [-0.15, -0.1) is 0 Å². The number of alkyl carbamates (subject to hydrolysis) is 1. The first-order valence-corrected chi connectivity index (χ1v) is 6.83. The number of hydrogen-bond donors (Lipinski definition) is 2. The van der Waals surface area contributed by atoms with Crippen molar-refractivity contribution in [2.45, 2.75) is 18.4 Å². The Morgan fingerprint density at radius 1 is 1.45 bits per heavy atom. The van der Waals surface area contributed by atoms with Crippen LogP contribution in [0.3, 0.4) is 0 Å². The van der Waals surface area contributed by atoms with Crippen LogP contribution in [-0.4, -0.2) is 29.3 Å². The summed E-state index contributed by atoms with van der Waals surface area (Å²) >= 11 is 3.35. The monoisotopic (exact) mass is 339 g/mol. The van der Waals surface area contributed by atoms with Crippen LogP contribution in [0.2, 0.25) is 0 Å². The fourth-order valence-corrected chi connectivity index (χ4v) is 2.71. The Morgan fingerprint density at radius 2 is 2.15 bits per heavy atom. The zero-order chi connectivity index (χ0) is 14.8. The molecule has 0 saturated carbocycles. The van der Waals surface area contributed by atoms with E-state index in [0.29, 0.717) is 0 Å². The highest BCUT2D eigenvalue weighted by Gasteiger charge is 2.45. The summed E-state index contributed by atoms with van der Waals surface area (Å²) in [6, 6.07) is 5.59. The largest absolute Gasteiger partial charge is 0.479 e. The first kappa shape index (κ1) is 14.6. The molecule has 0 aliphatic heterocycles. The lowest BCUT2D eigenvalue weighted by Gasteiger charge is -2.24. The number of carbonyl (C=O) groups excluding carboxylic acids is 1. The number of aliphatic carboxylic acids is 1. The summed E-state index contributed by atoms with van der Waals surface area (Å²) in [7, 11) is 0. The van der Waals surface area contributed by atoms with Gasteiger partial charge in [0.1, 0.15) is 12.1 Å². The Hall–Kier alpha value is -1.82. The molecule has 106 valence electrons. The topological polar surface area (TPSA) is 75.6 Å². The zero-order valence-electron chi connectivity index (χ0n) is 10.7. The molecule has 1 atom stereocenters. The number of amides is 1. The molecular weight excluding hydrogens is 326 g/mol. The highest BCUT2D eigenvalue weighted by Crippen LogP contribution is 2.32. The number of fused-ring (bicyclic) bond motifs is 1. The average Bonchev–Trinajstić information content (AvgIpc) is 2.74. The van der Waals surface area contributed by atoms with Crippen LogP contribution < -0.4 is 5.32 Å². The van der Waals surface area contributed by atoms with Gasteiger partial charge >= 0.3 is 12.1 Å². The number of carboxylic acid groups (broad SMARTS) is 1. The van der Waals surface area contributed by atoms with Crippen molar-refractivity contribution in [1.29, 1.82) is 0 Å². The van der Waals surface area contributed by atoms with Crippen molar-refractivity contribution in [3.8, 4) is 0 Å². The third-order valence-corrected chi connectivity index (χ3v) is 3.73. The number of carbonyl (C=O) groups is 2. The Morgan fingerprint density at radius 3 is 2.80 bits per heavy atom. The summed E-state index contributed by atoms with van der Waals surface area (Å²) in [4.78, 5) is 23.2. The zero-order valence-corrected chi connectivity index (χ0v) is 12.3. The van der Waals surface area contributed by atoms with Gasteiger partial charge in [0.15, 0.2) is 0 Å². The Labute approximate surface area is 124 Å². The van der Waals surface area contributed by atoms with Crippen molar-refractivity contribution in [3.63, 3.8) is 0 Å². The molecule has 0 aromatic heterocycles. The maximum Gasteiger partial charge on any atom is 0.408 e. The van der Waals surface area contributed by atoms with Gasteiger partial charge in [0.2, 0.25) is 0 Å². The van der Waals surface area contributed by atoms with Crippen molar-refractivity contribution < 1.29 is 19.4 Å². The van der Waals surface area contributed by atoms with Gasteiger partial charge in [0.05, 0.1) is 0 Å². The minimum Gasteiger partial charge on any atom is -0.479 e. The van der Waals surface area contributed by atoms with Crippen LogP contribution >= 0.6 is 15.9 Å².